The molecule has 0 saturated heterocycles. The molecule has 0 aliphatic heterocycles. The number of aliphatic hydroxyl groups is 2. The van der Waals surface area contributed by atoms with Gasteiger partial charge in [0.25, 0.3) is 0 Å². The van der Waals surface area contributed by atoms with Crippen LogP contribution in [0.2, 0.25) is 0 Å². The van der Waals surface area contributed by atoms with Crippen molar-refractivity contribution in [3.63, 3.8) is 0 Å². The fraction of sp³-hybridized carbons (Fsp3) is 0.400. The number of aromatic nitrogens is 3. The summed E-state index contributed by atoms with van der Waals surface area (Å²) < 4.78 is 0. The highest BCUT2D eigenvalue weighted by molar-refractivity contribution is 5.56. The number of hydrogen-bond donors (Lipinski definition) is 5. The number of hydrogen-bond acceptors (Lipinski definition) is 8. The van der Waals surface area contributed by atoms with Crippen LogP contribution in [0.3, 0.4) is 0 Å². The van der Waals surface area contributed by atoms with E-state index in [-0.39, 0.29) is 13.2 Å². The van der Waals surface area contributed by atoms with Gasteiger partial charge in [-0.2, -0.15) is 15.0 Å². The molecule has 8 heteroatoms. The van der Waals surface area contributed by atoms with Gasteiger partial charge < -0.3 is 26.2 Å². The molecule has 0 spiro atoms. The van der Waals surface area contributed by atoms with Crippen LogP contribution in [-0.4, -0.2) is 51.5 Å². The number of anilines is 4. The van der Waals surface area contributed by atoms with E-state index < -0.39 is 0 Å². The van der Waals surface area contributed by atoms with Crippen LogP contribution in [0.25, 0.3) is 0 Å². The van der Waals surface area contributed by atoms with Gasteiger partial charge in [0.05, 0.1) is 13.2 Å². The molecule has 2 aromatic rings. The monoisotopic (exact) mass is 318 g/mol. The molecule has 0 bridgehead atoms. The average molecular weight is 318 g/mol. The zero-order chi connectivity index (χ0) is 16.5. The lowest BCUT2D eigenvalue weighted by Gasteiger charge is -2.10. The van der Waals surface area contributed by atoms with Crippen molar-refractivity contribution < 1.29 is 10.2 Å². The maximum absolute atomic E-state index is 8.89. The second-order valence-corrected chi connectivity index (χ2v) is 4.78. The van der Waals surface area contributed by atoms with E-state index >= 15 is 0 Å². The summed E-state index contributed by atoms with van der Waals surface area (Å²) in [5.74, 6) is 1.08. The van der Waals surface area contributed by atoms with Gasteiger partial charge in [-0.05, 0) is 24.1 Å². The van der Waals surface area contributed by atoms with Crippen LogP contribution < -0.4 is 16.0 Å². The van der Waals surface area contributed by atoms with E-state index in [1.54, 1.807) is 0 Å². The largest absolute Gasteiger partial charge is 0.395 e. The first-order valence-electron chi connectivity index (χ1n) is 7.56. The predicted octanol–water partition coefficient (Wildman–Crippen LogP) is 0.986. The molecule has 124 valence electrons. The highest BCUT2D eigenvalue weighted by atomic mass is 16.3. The summed E-state index contributed by atoms with van der Waals surface area (Å²) in [6, 6.07) is 8.01. The minimum absolute atomic E-state index is 0.0215. The molecule has 0 aliphatic carbocycles. The SMILES string of the molecule is CCc1ccc(Nc2nc(NCCO)nc(NCCO)n2)cc1. The zero-order valence-corrected chi connectivity index (χ0v) is 13.1. The lowest BCUT2D eigenvalue weighted by molar-refractivity contribution is 0.310. The average Bonchev–Trinajstić information content (AvgIpc) is 2.58. The molecular weight excluding hydrogens is 296 g/mol. The van der Waals surface area contributed by atoms with Crippen molar-refractivity contribution in [2.75, 3.05) is 42.3 Å². The molecule has 23 heavy (non-hydrogen) atoms. The third-order valence-corrected chi connectivity index (χ3v) is 3.04. The quantitative estimate of drug-likeness (QED) is 0.465. The summed E-state index contributed by atoms with van der Waals surface area (Å²) in [5.41, 5.74) is 2.12. The topological polar surface area (TPSA) is 115 Å². The van der Waals surface area contributed by atoms with Gasteiger partial charge >= 0.3 is 0 Å². The van der Waals surface area contributed by atoms with Crippen LogP contribution in [0.4, 0.5) is 23.5 Å². The van der Waals surface area contributed by atoms with Crippen molar-refractivity contribution in [2.45, 2.75) is 13.3 Å². The second-order valence-electron chi connectivity index (χ2n) is 4.78. The third kappa shape index (κ3) is 5.35. The summed E-state index contributed by atoms with van der Waals surface area (Å²) >= 11 is 0. The summed E-state index contributed by atoms with van der Waals surface area (Å²) in [4.78, 5) is 12.7. The number of nitrogens with one attached hydrogen (secondary N) is 3. The summed E-state index contributed by atoms with van der Waals surface area (Å²) in [6.45, 7) is 2.74. The fourth-order valence-electron chi connectivity index (χ4n) is 1.88. The molecule has 0 aliphatic rings. The number of aryl methyl sites for hydroxylation is 1. The molecule has 1 aromatic heterocycles. The van der Waals surface area contributed by atoms with E-state index in [4.69, 9.17) is 10.2 Å². The molecule has 0 atom stereocenters. The van der Waals surface area contributed by atoms with Gasteiger partial charge in [-0.15, -0.1) is 0 Å². The second kappa shape index (κ2) is 8.86. The maximum atomic E-state index is 8.89. The summed E-state index contributed by atoms with van der Waals surface area (Å²) in [7, 11) is 0. The molecule has 0 radical (unpaired) electrons. The van der Waals surface area contributed by atoms with Gasteiger partial charge in [0, 0.05) is 18.8 Å². The van der Waals surface area contributed by atoms with Gasteiger partial charge in [0.2, 0.25) is 17.8 Å². The zero-order valence-electron chi connectivity index (χ0n) is 13.1. The first kappa shape index (κ1) is 16.9. The minimum Gasteiger partial charge on any atom is -0.395 e. The third-order valence-electron chi connectivity index (χ3n) is 3.04. The Balaban J connectivity index is 2.16. The highest BCUT2D eigenvalue weighted by Gasteiger charge is 2.06. The van der Waals surface area contributed by atoms with Crippen LogP contribution >= 0.6 is 0 Å². The lowest BCUT2D eigenvalue weighted by atomic mass is 10.1. The number of benzene rings is 1. The Kier molecular flexibility index (Phi) is 6.52. The van der Waals surface area contributed by atoms with Crippen molar-refractivity contribution in [1.82, 2.24) is 15.0 Å². The highest BCUT2D eigenvalue weighted by Crippen LogP contribution is 2.16. The standard InChI is InChI=1S/C15H22N6O2/c1-2-11-3-5-12(6-4-11)18-15-20-13(16-7-9-22)19-14(21-15)17-8-10-23/h3-6,22-23H,2,7-10H2,1H3,(H3,16,17,18,19,20,21). The van der Waals surface area contributed by atoms with Crippen molar-refractivity contribution >= 4 is 23.5 Å². The molecule has 1 aromatic carbocycles. The Labute approximate surface area is 135 Å². The molecule has 5 N–H and O–H groups in total. The van der Waals surface area contributed by atoms with Gasteiger partial charge in [-0.1, -0.05) is 19.1 Å². The van der Waals surface area contributed by atoms with Crippen LogP contribution in [0.1, 0.15) is 12.5 Å². The van der Waals surface area contributed by atoms with Crippen molar-refractivity contribution in [3.8, 4) is 0 Å². The normalized spacial score (nSPS) is 10.4. The van der Waals surface area contributed by atoms with Crippen molar-refractivity contribution in [3.05, 3.63) is 29.8 Å². The van der Waals surface area contributed by atoms with Gasteiger partial charge in [0.15, 0.2) is 0 Å². The molecule has 2 rings (SSSR count). The molecular formula is C15H22N6O2. The van der Waals surface area contributed by atoms with Crippen LogP contribution in [0, 0.1) is 0 Å². The van der Waals surface area contributed by atoms with E-state index in [1.165, 1.54) is 5.56 Å². The van der Waals surface area contributed by atoms with E-state index in [9.17, 15) is 0 Å². The first-order valence-corrected chi connectivity index (χ1v) is 7.56. The predicted molar refractivity (Wildman–Crippen MR) is 90.1 cm³/mol. The Morgan fingerprint density at radius 3 is 1.83 bits per heavy atom. The summed E-state index contributed by atoms with van der Waals surface area (Å²) in [6.07, 6.45) is 0.983. The summed E-state index contributed by atoms with van der Waals surface area (Å²) in [5, 5.41) is 26.7. The maximum Gasteiger partial charge on any atom is 0.233 e. The molecule has 0 fully saturated rings. The Morgan fingerprint density at radius 1 is 0.826 bits per heavy atom. The van der Waals surface area contributed by atoms with Gasteiger partial charge in [-0.25, -0.2) is 0 Å². The van der Waals surface area contributed by atoms with Crippen LogP contribution in [-0.2, 0) is 6.42 Å². The van der Waals surface area contributed by atoms with E-state index in [1.807, 2.05) is 24.3 Å². The lowest BCUT2D eigenvalue weighted by Crippen LogP contribution is -2.14. The first-order chi connectivity index (χ1) is 11.2. The Bertz CT molecular complexity index is 579. The Morgan fingerprint density at radius 2 is 1.35 bits per heavy atom. The van der Waals surface area contributed by atoms with Crippen LogP contribution in [0.15, 0.2) is 24.3 Å². The van der Waals surface area contributed by atoms with E-state index in [0.29, 0.717) is 30.9 Å². The smallest absolute Gasteiger partial charge is 0.233 e. The van der Waals surface area contributed by atoms with E-state index in [2.05, 4.69) is 37.8 Å². The number of nitrogens with zero attached hydrogens (tertiary/aromatic N) is 3. The fourth-order valence-corrected chi connectivity index (χ4v) is 1.88. The number of aliphatic hydroxyl groups excluding tert-OH is 2. The van der Waals surface area contributed by atoms with E-state index in [0.717, 1.165) is 12.1 Å². The Hall–Kier alpha value is -2.45. The van der Waals surface area contributed by atoms with Crippen molar-refractivity contribution in [2.24, 2.45) is 0 Å². The van der Waals surface area contributed by atoms with Crippen LogP contribution in [0.5, 0.6) is 0 Å². The minimum atomic E-state index is -0.0215. The molecule has 8 nitrogen and oxygen atoms in total. The van der Waals surface area contributed by atoms with Gasteiger partial charge in [-0.3, -0.25) is 0 Å². The molecule has 0 unspecified atom stereocenters. The van der Waals surface area contributed by atoms with Crippen molar-refractivity contribution in [1.29, 1.82) is 0 Å². The molecule has 0 saturated carbocycles. The molecule has 1 heterocycles. The number of rotatable bonds is 9. The van der Waals surface area contributed by atoms with Gasteiger partial charge in [0.1, 0.15) is 0 Å². The molecule has 0 amide bonds.